The van der Waals surface area contributed by atoms with Gasteiger partial charge in [0.05, 0.1) is 6.26 Å². The Balaban J connectivity index is 2.36. The molecule has 0 N–H and O–H groups in total. The number of hydrogen-bond donors (Lipinski definition) is 0. The first-order chi connectivity index (χ1) is 7.88. The quantitative estimate of drug-likeness (QED) is 0.475. The van der Waals surface area contributed by atoms with Gasteiger partial charge in [-0.25, -0.2) is 0 Å². The van der Waals surface area contributed by atoms with Crippen LogP contribution in [0.3, 0.4) is 0 Å². The number of aryl methyl sites for hydroxylation is 1. The van der Waals surface area contributed by atoms with Crippen molar-refractivity contribution in [3.8, 4) is 5.75 Å². The third-order valence-electron chi connectivity index (χ3n) is 2.62. The van der Waals surface area contributed by atoms with Crippen LogP contribution in [0.5, 0.6) is 5.75 Å². The number of rotatable bonds is 7. The summed E-state index contributed by atoms with van der Waals surface area (Å²) < 4.78 is 5.63. The Morgan fingerprint density at radius 1 is 1.12 bits per heavy atom. The number of benzene rings is 1. The maximum atomic E-state index is 5.63. The van der Waals surface area contributed by atoms with Crippen molar-refractivity contribution in [3.63, 3.8) is 0 Å². The van der Waals surface area contributed by atoms with Crippen molar-refractivity contribution in [2.24, 2.45) is 0 Å². The molecule has 1 nitrogen and oxygen atoms in total. The van der Waals surface area contributed by atoms with Crippen LogP contribution in [0, 0.1) is 0 Å². The first-order valence-electron chi connectivity index (χ1n) is 6.28. The van der Waals surface area contributed by atoms with Crippen LogP contribution in [-0.4, -0.2) is 0 Å². The molecule has 0 saturated heterocycles. The maximum Gasteiger partial charge on any atom is 0.129 e. The summed E-state index contributed by atoms with van der Waals surface area (Å²) in [5.74, 6) is 0.983. The lowest BCUT2D eigenvalue weighted by atomic mass is 10.1. The van der Waals surface area contributed by atoms with Crippen LogP contribution < -0.4 is 4.74 Å². The largest absolute Gasteiger partial charge is 0.465 e. The van der Waals surface area contributed by atoms with E-state index < -0.39 is 0 Å². The fourth-order valence-corrected chi connectivity index (χ4v) is 1.61. The zero-order valence-electron chi connectivity index (χ0n) is 10.4. The van der Waals surface area contributed by atoms with Crippen molar-refractivity contribution in [1.82, 2.24) is 0 Å². The summed E-state index contributed by atoms with van der Waals surface area (Å²) in [6.07, 6.45) is 9.89. The second-order valence-corrected chi connectivity index (χ2v) is 3.95. The molecule has 0 aromatic heterocycles. The van der Waals surface area contributed by atoms with E-state index in [0.29, 0.717) is 0 Å². The van der Waals surface area contributed by atoms with Gasteiger partial charge in [0.2, 0.25) is 0 Å². The first kappa shape index (κ1) is 12.8. The average molecular weight is 218 g/mol. The zero-order valence-corrected chi connectivity index (χ0v) is 10.4. The number of unbranched alkanes of at least 4 members (excludes halogenated alkanes) is 3. The highest BCUT2D eigenvalue weighted by molar-refractivity contribution is 5.33. The van der Waals surface area contributed by atoms with E-state index in [1.807, 2.05) is 18.4 Å². The van der Waals surface area contributed by atoms with Crippen molar-refractivity contribution in [3.05, 3.63) is 42.2 Å². The summed E-state index contributed by atoms with van der Waals surface area (Å²) in [5, 5.41) is 0. The van der Waals surface area contributed by atoms with Crippen LogP contribution in [0.25, 0.3) is 0 Å². The molecule has 1 aromatic rings. The standard InChI is InChI=1S/C15H22O/c1-3-5-6-7-10-13-16-15-12-9-8-11-14(15)4-2/h8-13H,3-7H2,1-2H3/b13-10+. The summed E-state index contributed by atoms with van der Waals surface area (Å²) in [6.45, 7) is 4.37. The Kier molecular flexibility index (Phi) is 6.39. The van der Waals surface area contributed by atoms with Gasteiger partial charge in [0, 0.05) is 0 Å². The SMILES string of the molecule is CCCCC/C=C/Oc1ccccc1CC. The minimum atomic E-state index is 0.983. The predicted molar refractivity (Wildman–Crippen MR) is 69.7 cm³/mol. The summed E-state index contributed by atoms with van der Waals surface area (Å²) in [4.78, 5) is 0. The van der Waals surface area contributed by atoms with E-state index >= 15 is 0 Å². The molecule has 0 saturated carbocycles. The highest BCUT2D eigenvalue weighted by Crippen LogP contribution is 2.18. The summed E-state index contributed by atoms with van der Waals surface area (Å²) in [5.41, 5.74) is 1.26. The van der Waals surface area contributed by atoms with Gasteiger partial charge in [0.25, 0.3) is 0 Å². The number of allylic oxidation sites excluding steroid dienone is 1. The van der Waals surface area contributed by atoms with Crippen molar-refractivity contribution in [1.29, 1.82) is 0 Å². The molecule has 0 aliphatic heterocycles. The molecule has 1 rings (SSSR count). The van der Waals surface area contributed by atoms with E-state index in [1.165, 1.54) is 24.8 Å². The van der Waals surface area contributed by atoms with Crippen LogP contribution in [0.2, 0.25) is 0 Å². The van der Waals surface area contributed by atoms with Gasteiger partial charge < -0.3 is 4.74 Å². The molecule has 16 heavy (non-hydrogen) atoms. The molecule has 0 unspecified atom stereocenters. The molecular weight excluding hydrogens is 196 g/mol. The lowest BCUT2D eigenvalue weighted by Crippen LogP contribution is -1.88. The minimum absolute atomic E-state index is 0.983. The lowest BCUT2D eigenvalue weighted by Gasteiger charge is -2.05. The molecule has 0 atom stereocenters. The van der Waals surface area contributed by atoms with Crippen molar-refractivity contribution in [2.75, 3.05) is 0 Å². The van der Waals surface area contributed by atoms with Gasteiger partial charge in [0.15, 0.2) is 0 Å². The van der Waals surface area contributed by atoms with E-state index in [0.717, 1.165) is 18.6 Å². The van der Waals surface area contributed by atoms with Gasteiger partial charge >= 0.3 is 0 Å². The predicted octanol–water partition coefficient (Wildman–Crippen LogP) is 4.72. The highest BCUT2D eigenvalue weighted by atomic mass is 16.5. The maximum absolute atomic E-state index is 5.63. The van der Waals surface area contributed by atoms with Crippen LogP contribution in [0.1, 0.15) is 45.1 Å². The third kappa shape index (κ3) is 4.52. The Morgan fingerprint density at radius 2 is 1.94 bits per heavy atom. The Bertz CT molecular complexity index is 315. The fraction of sp³-hybridized carbons (Fsp3) is 0.467. The van der Waals surface area contributed by atoms with Crippen LogP contribution in [0.15, 0.2) is 36.6 Å². The molecular formula is C15H22O. The van der Waals surface area contributed by atoms with Gasteiger partial charge in [-0.05, 0) is 37.0 Å². The molecule has 0 heterocycles. The summed E-state index contributed by atoms with van der Waals surface area (Å²) >= 11 is 0. The first-order valence-corrected chi connectivity index (χ1v) is 6.28. The van der Waals surface area contributed by atoms with Crippen LogP contribution in [0.4, 0.5) is 0 Å². The minimum Gasteiger partial charge on any atom is -0.465 e. The normalized spacial score (nSPS) is 10.9. The van der Waals surface area contributed by atoms with Crippen molar-refractivity contribution < 1.29 is 4.74 Å². The summed E-state index contributed by atoms with van der Waals surface area (Å²) in [6, 6.07) is 8.20. The number of ether oxygens (including phenoxy) is 1. The van der Waals surface area contributed by atoms with E-state index in [-0.39, 0.29) is 0 Å². The second-order valence-electron chi connectivity index (χ2n) is 3.95. The van der Waals surface area contributed by atoms with E-state index in [2.05, 4.69) is 32.1 Å². The van der Waals surface area contributed by atoms with Gasteiger partial charge in [-0.1, -0.05) is 44.9 Å². The Morgan fingerprint density at radius 3 is 2.69 bits per heavy atom. The Labute approximate surface area is 99.1 Å². The van der Waals surface area contributed by atoms with E-state index in [1.54, 1.807) is 0 Å². The molecule has 0 aliphatic rings. The molecule has 0 aliphatic carbocycles. The molecule has 88 valence electrons. The smallest absolute Gasteiger partial charge is 0.129 e. The summed E-state index contributed by atoms with van der Waals surface area (Å²) in [7, 11) is 0. The molecule has 0 amide bonds. The van der Waals surface area contributed by atoms with Gasteiger partial charge in [0.1, 0.15) is 5.75 Å². The molecule has 0 spiro atoms. The third-order valence-corrected chi connectivity index (χ3v) is 2.62. The van der Waals surface area contributed by atoms with Gasteiger partial charge in [-0.15, -0.1) is 0 Å². The number of para-hydroxylation sites is 1. The lowest BCUT2D eigenvalue weighted by molar-refractivity contribution is 0.472. The van der Waals surface area contributed by atoms with Crippen LogP contribution >= 0.6 is 0 Å². The molecule has 1 heteroatoms. The molecule has 1 aromatic carbocycles. The topological polar surface area (TPSA) is 9.23 Å². The molecule has 0 bridgehead atoms. The van der Waals surface area contributed by atoms with Crippen LogP contribution in [-0.2, 0) is 6.42 Å². The van der Waals surface area contributed by atoms with Gasteiger partial charge in [-0.3, -0.25) is 0 Å². The van der Waals surface area contributed by atoms with E-state index in [4.69, 9.17) is 4.74 Å². The van der Waals surface area contributed by atoms with E-state index in [9.17, 15) is 0 Å². The zero-order chi connectivity index (χ0) is 11.6. The van der Waals surface area contributed by atoms with Crippen molar-refractivity contribution in [2.45, 2.75) is 46.0 Å². The van der Waals surface area contributed by atoms with Crippen molar-refractivity contribution >= 4 is 0 Å². The van der Waals surface area contributed by atoms with Gasteiger partial charge in [-0.2, -0.15) is 0 Å². The Hall–Kier alpha value is -1.24. The average Bonchev–Trinajstić information content (AvgIpc) is 2.34. The second kappa shape index (κ2) is 7.98. The fourth-order valence-electron chi connectivity index (χ4n) is 1.61. The molecule has 0 fully saturated rings. The highest BCUT2D eigenvalue weighted by Gasteiger charge is 1.97. The number of hydrogen-bond acceptors (Lipinski definition) is 1. The molecule has 0 radical (unpaired) electrons. The monoisotopic (exact) mass is 218 g/mol.